The average molecular weight is 242 g/mol. The van der Waals surface area contributed by atoms with Crippen LogP contribution in [0.2, 0.25) is 5.54 Å². The van der Waals surface area contributed by atoms with Gasteiger partial charge in [0.1, 0.15) is 0 Å². The molecule has 0 aliphatic rings. The van der Waals surface area contributed by atoms with Crippen molar-refractivity contribution in [2.45, 2.75) is 40.2 Å². The van der Waals surface area contributed by atoms with E-state index in [0.29, 0.717) is 0 Å². The zero-order valence-electron chi connectivity index (χ0n) is 10.8. The van der Waals surface area contributed by atoms with Crippen molar-refractivity contribution in [3.05, 3.63) is 37.0 Å². The first-order chi connectivity index (χ1) is 7.63. The number of allylic oxidation sites excluding steroid dienone is 3. The quantitative estimate of drug-likeness (QED) is 0.499. The summed E-state index contributed by atoms with van der Waals surface area (Å²) < 4.78 is 17.0. The van der Waals surface area contributed by atoms with Gasteiger partial charge >= 0.3 is 8.80 Å². The zero-order chi connectivity index (χ0) is 12.4. The lowest BCUT2D eigenvalue weighted by molar-refractivity contribution is 0.170. The van der Waals surface area contributed by atoms with Gasteiger partial charge in [0, 0.05) is 0 Å². The van der Waals surface area contributed by atoms with Crippen LogP contribution < -0.4 is 0 Å². The molecule has 0 radical (unpaired) electrons. The van der Waals surface area contributed by atoms with Gasteiger partial charge in [-0.2, -0.15) is 0 Å². The van der Waals surface area contributed by atoms with Crippen LogP contribution in [0.25, 0.3) is 0 Å². The van der Waals surface area contributed by atoms with Crippen molar-refractivity contribution < 1.29 is 13.3 Å². The Balaban J connectivity index is 4.86. The first-order valence-electron chi connectivity index (χ1n) is 5.49. The van der Waals surface area contributed by atoms with Gasteiger partial charge in [0.05, 0.1) is 24.3 Å². The van der Waals surface area contributed by atoms with E-state index in [9.17, 15) is 0 Å². The van der Waals surface area contributed by atoms with E-state index in [2.05, 4.69) is 0 Å². The van der Waals surface area contributed by atoms with Crippen LogP contribution in [-0.4, -0.2) is 8.80 Å². The van der Waals surface area contributed by atoms with Gasteiger partial charge in [-0.3, -0.25) is 0 Å². The summed E-state index contributed by atoms with van der Waals surface area (Å²) in [7, 11) is -2.70. The second-order valence-electron chi connectivity index (χ2n) is 3.52. The van der Waals surface area contributed by atoms with Gasteiger partial charge in [0.15, 0.2) is 0 Å². The highest BCUT2D eigenvalue weighted by Crippen LogP contribution is 2.26. The third-order valence-electron chi connectivity index (χ3n) is 1.81. The molecule has 0 aromatic carbocycles. The molecule has 16 heavy (non-hydrogen) atoms. The highest BCUT2D eigenvalue weighted by atomic mass is 28.4. The molecule has 0 N–H and O–H groups in total. The second-order valence-corrected chi connectivity index (χ2v) is 6.59. The van der Waals surface area contributed by atoms with Gasteiger partial charge in [-0.15, -0.1) is 0 Å². The Hall–Kier alpha value is -1.16. The normalized spacial score (nSPS) is 16.1. The molecule has 0 heterocycles. The Morgan fingerprint density at radius 3 is 1.25 bits per heavy atom. The largest absolute Gasteiger partial charge is 0.700 e. The molecule has 3 nitrogen and oxygen atoms in total. The summed E-state index contributed by atoms with van der Waals surface area (Å²) in [4.78, 5) is 0. The summed E-state index contributed by atoms with van der Waals surface area (Å²) in [5.41, 5.74) is 0.177. The molecule has 0 aliphatic heterocycles. The van der Waals surface area contributed by atoms with Gasteiger partial charge in [-0.25, -0.2) is 0 Å². The fraction of sp³-hybridized carbons (Fsp3) is 0.500. The summed E-state index contributed by atoms with van der Waals surface area (Å²) in [6.07, 6.45) is 10.3. The molecule has 0 spiro atoms. The van der Waals surface area contributed by atoms with Crippen molar-refractivity contribution in [3.63, 3.8) is 0 Å². The molecular weight excluding hydrogens is 220 g/mol. The Labute approximate surface area is 99.8 Å². The minimum Gasteiger partial charge on any atom is -0.490 e. The average Bonchev–Trinajstić information content (AvgIpc) is 2.28. The van der Waals surface area contributed by atoms with Crippen LogP contribution in [0.3, 0.4) is 0 Å². The molecule has 0 unspecified atom stereocenters. The van der Waals surface area contributed by atoms with E-state index in [1.54, 1.807) is 18.8 Å². The first kappa shape index (κ1) is 14.8. The van der Waals surface area contributed by atoms with E-state index < -0.39 is 8.80 Å². The molecule has 4 heteroatoms. The fourth-order valence-corrected chi connectivity index (χ4v) is 2.94. The lowest BCUT2D eigenvalue weighted by Crippen LogP contribution is -2.44. The van der Waals surface area contributed by atoms with Gasteiger partial charge in [-0.1, -0.05) is 32.1 Å². The van der Waals surface area contributed by atoms with Gasteiger partial charge in [0.25, 0.3) is 0 Å². The minimum absolute atomic E-state index is 0.177. The number of hydrogen-bond acceptors (Lipinski definition) is 3. The molecule has 0 rings (SSSR count). The molecule has 0 saturated carbocycles. The van der Waals surface area contributed by atoms with Crippen LogP contribution in [0, 0.1) is 0 Å². The van der Waals surface area contributed by atoms with Crippen LogP contribution in [-0.2, 0) is 13.3 Å². The number of hydrogen-bond donors (Lipinski definition) is 0. The Kier molecular flexibility index (Phi) is 7.46. The van der Waals surface area contributed by atoms with Crippen molar-refractivity contribution in [3.8, 4) is 0 Å². The van der Waals surface area contributed by atoms with E-state index in [0.717, 1.165) is 0 Å². The van der Waals surface area contributed by atoms with E-state index in [-0.39, 0.29) is 5.54 Å². The molecule has 0 aliphatic carbocycles. The highest BCUT2D eigenvalue weighted by Gasteiger charge is 2.50. The van der Waals surface area contributed by atoms with Crippen molar-refractivity contribution in [1.29, 1.82) is 0 Å². The van der Waals surface area contributed by atoms with Crippen LogP contribution in [0.5, 0.6) is 0 Å². The Morgan fingerprint density at radius 2 is 1.06 bits per heavy atom. The maximum absolute atomic E-state index is 5.66. The molecule has 0 amide bonds. The second kappa shape index (κ2) is 8.04. The molecule has 0 aromatic heterocycles. The summed E-state index contributed by atoms with van der Waals surface area (Å²) in [5.74, 6) is 0. The van der Waals surface area contributed by atoms with Gasteiger partial charge < -0.3 is 13.3 Å². The molecule has 0 aromatic rings. The minimum atomic E-state index is -2.70. The van der Waals surface area contributed by atoms with Gasteiger partial charge in [0.2, 0.25) is 0 Å². The van der Waals surface area contributed by atoms with Crippen LogP contribution in [0.4, 0.5) is 0 Å². The monoisotopic (exact) mass is 242 g/mol. The van der Waals surface area contributed by atoms with Crippen LogP contribution in [0.1, 0.15) is 34.6 Å². The van der Waals surface area contributed by atoms with Crippen LogP contribution in [0.15, 0.2) is 37.0 Å². The van der Waals surface area contributed by atoms with E-state index in [1.807, 2.05) is 52.8 Å². The van der Waals surface area contributed by atoms with E-state index >= 15 is 0 Å². The van der Waals surface area contributed by atoms with E-state index in [1.165, 1.54) is 0 Å². The molecule has 0 atom stereocenters. The molecule has 0 bridgehead atoms. The lowest BCUT2D eigenvalue weighted by atomic mass is 10.6. The Bertz CT molecular complexity index is 221. The van der Waals surface area contributed by atoms with E-state index in [4.69, 9.17) is 13.3 Å². The zero-order valence-corrected chi connectivity index (χ0v) is 11.8. The third kappa shape index (κ3) is 4.57. The SMILES string of the molecule is CC=CO[Si](OC=CC)(OC=CC)C(C)C. The third-order valence-corrected chi connectivity index (χ3v) is 4.62. The first-order valence-corrected chi connectivity index (χ1v) is 7.30. The predicted octanol–water partition coefficient (Wildman–Crippen LogP) is 3.99. The fourth-order valence-electron chi connectivity index (χ4n) is 0.980. The van der Waals surface area contributed by atoms with Gasteiger partial charge in [-0.05, 0) is 20.8 Å². The number of rotatable bonds is 7. The molecule has 0 fully saturated rings. The van der Waals surface area contributed by atoms with Crippen LogP contribution >= 0.6 is 0 Å². The standard InChI is InChI=1S/C12H22O3Si/c1-6-9-13-16(12(4)5,14-10-7-2)15-11-8-3/h6-12H,1-5H3. The maximum Gasteiger partial charge on any atom is 0.700 e. The molecule has 0 saturated heterocycles. The highest BCUT2D eigenvalue weighted by molar-refractivity contribution is 6.62. The lowest BCUT2D eigenvalue weighted by Gasteiger charge is -2.28. The van der Waals surface area contributed by atoms with Crippen molar-refractivity contribution in [1.82, 2.24) is 0 Å². The van der Waals surface area contributed by atoms with Crippen molar-refractivity contribution >= 4 is 8.80 Å². The molecule has 92 valence electrons. The van der Waals surface area contributed by atoms with Crippen molar-refractivity contribution in [2.75, 3.05) is 0 Å². The summed E-state index contributed by atoms with van der Waals surface area (Å²) in [6.45, 7) is 9.74. The Morgan fingerprint density at radius 1 is 0.750 bits per heavy atom. The predicted molar refractivity (Wildman–Crippen MR) is 68.5 cm³/mol. The smallest absolute Gasteiger partial charge is 0.490 e. The summed E-state index contributed by atoms with van der Waals surface area (Å²) in [6, 6.07) is 0. The summed E-state index contributed by atoms with van der Waals surface area (Å²) in [5, 5.41) is 0. The topological polar surface area (TPSA) is 27.7 Å². The molecular formula is C12H22O3Si. The van der Waals surface area contributed by atoms with Crippen molar-refractivity contribution in [2.24, 2.45) is 0 Å². The maximum atomic E-state index is 5.66. The summed E-state index contributed by atoms with van der Waals surface area (Å²) >= 11 is 0.